The molecule has 1 fully saturated rings. The second-order valence-corrected chi connectivity index (χ2v) is 7.03. The van der Waals surface area contributed by atoms with Crippen LogP contribution in [0.2, 0.25) is 0 Å². The van der Waals surface area contributed by atoms with Gasteiger partial charge in [-0.05, 0) is 49.6 Å². The van der Waals surface area contributed by atoms with Crippen LogP contribution in [-0.4, -0.2) is 31.1 Å². The molecular formula is C15H32N2. The highest BCUT2D eigenvalue weighted by Gasteiger charge is 2.21. The van der Waals surface area contributed by atoms with Crippen molar-refractivity contribution in [3.8, 4) is 0 Å². The standard InChI is InChI=1S/C15H32N2/c1-13-9-14(2)11-17(10-13)8-6-5-7-15(3,4)12-16/h13-14H,5-12,16H2,1-4H3. The molecule has 0 aromatic rings. The molecule has 0 saturated carbocycles. The van der Waals surface area contributed by atoms with E-state index in [1.807, 2.05) is 0 Å². The minimum atomic E-state index is 0.336. The van der Waals surface area contributed by atoms with Crippen LogP contribution < -0.4 is 5.73 Å². The summed E-state index contributed by atoms with van der Waals surface area (Å²) >= 11 is 0. The third-order valence-electron chi connectivity index (χ3n) is 4.07. The molecule has 1 aliphatic rings. The molecule has 0 aliphatic carbocycles. The van der Waals surface area contributed by atoms with E-state index in [0.717, 1.165) is 18.4 Å². The zero-order valence-corrected chi connectivity index (χ0v) is 12.3. The topological polar surface area (TPSA) is 29.3 Å². The first kappa shape index (κ1) is 15.0. The monoisotopic (exact) mass is 240 g/mol. The van der Waals surface area contributed by atoms with Crippen LogP contribution in [0.4, 0.5) is 0 Å². The Balaban J connectivity index is 2.14. The van der Waals surface area contributed by atoms with Crippen molar-refractivity contribution in [2.24, 2.45) is 23.0 Å². The minimum Gasteiger partial charge on any atom is -0.330 e. The maximum absolute atomic E-state index is 5.76. The number of hydrogen-bond donors (Lipinski definition) is 1. The lowest BCUT2D eigenvalue weighted by molar-refractivity contribution is 0.137. The average molecular weight is 240 g/mol. The number of likely N-dealkylation sites (tertiary alicyclic amines) is 1. The molecule has 1 saturated heterocycles. The van der Waals surface area contributed by atoms with Gasteiger partial charge in [-0.15, -0.1) is 0 Å². The molecule has 0 bridgehead atoms. The van der Waals surface area contributed by atoms with Crippen LogP contribution in [0.5, 0.6) is 0 Å². The molecule has 2 atom stereocenters. The predicted molar refractivity (Wildman–Crippen MR) is 76.1 cm³/mol. The number of hydrogen-bond acceptors (Lipinski definition) is 2. The number of nitrogens with zero attached hydrogens (tertiary/aromatic N) is 1. The van der Waals surface area contributed by atoms with Crippen LogP contribution in [-0.2, 0) is 0 Å². The van der Waals surface area contributed by atoms with Crippen LogP contribution in [0.3, 0.4) is 0 Å². The normalized spacial score (nSPS) is 27.4. The van der Waals surface area contributed by atoms with E-state index in [2.05, 4.69) is 32.6 Å². The van der Waals surface area contributed by atoms with Gasteiger partial charge in [-0.25, -0.2) is 0 Å². The lowest BCUT2D eigenvalue weighted by atomic mass is 9.87. The Morgan fingerprint density at radius 3 is 2.24 bits per heavy atom. The summed E-state index contributed by atoms with van der Waals surface area (Å²) in [7, 11) is 0. The third-order valence-corrected chi connectivity index (χ3v) is 4.07. The van der Waals surface area contributed by atoms with E-state index >= 15 is 0 Å². The Hall–Kier alpha value is -0.0800. The summed E-state index contributed by atoms with van der Waals surface area (Å²) < 4.78 is 0. The van der Waals surface area contributed by atoms with Gasteiger partial charge in [0.15, 0.2) is 0 Å². The fourth-order valence-electron chi connectivity index (χ4n) is 3.02. The second-order valence-electron chi connectivity index (χ2n) is 7.03. The van der Waals surface area contributed by atoms with Crippen LogP contribution in [0.15, 0.2) is 0 Å². The summed E-state index contributed by atoms with van der Waals surface area (Å²) in [6.45, 7) is 14.0. The molecule has 0 aromatic carbocycles. The zero-order valence-electron chi connectivity index (χ0n) is 12.3. The summed E-state index contributed by atoms with van der Waals surface area (Å²) in [6.07, 6.45) is 5.34. The Kier molecular flexibility index (Phi) is 5.94. The number of piperidine rings is 1. The molecule has 2 heteroatoms. The van der Waals surface area contributed by atoms with Gasteiger partial charge in [-0.2, -0.15) is 0 Å². The maximum Gasteiger partial charge on any atom is 0.000724 e. The third kappa shape index (κ3) is 5.87. The van der Waals surface area contributed by atoms with E-state index in [0.29, 0.717) is 5.41 Å². The van der Waals surface area contributed by atoms with Crippen molar-refractivity contribution >= 4 is 0 Å². The van der Waals surface area contributed by atoms with Crippen LogP contribution in [0, 0.1) is 17.3 Å². The summed E-state index contributed by atoms with van der Waals surface area (Å²) in [5.74, 6) is 1.78. The Bertz CT molecular complexity index is 203. The van der Waals surface area contributed by atoms with Crippen molar-refractivity contribution in [3.05, 3.63) is 0 Å². The van der Waals surface area contributed by atoms with E-state index in [1.54, 1.807) is 0 Å². The molecule has 1 rings (SSSR count). The fourth-order valence-corrected chi connectivity index (χ4v) is 3.02. The first-order chi connectivity index (χ1) is 7.93. The van der Waals surface area contributed by atoms with Gasteiger partial charge in [0.25, 0.3) is 0 Å². The Morgan fingerprint density at radius 1 is 1.12 bits per heavy atom. The molecule has 1 heterocycles. The van der Waals surface area contributed by atoms with Gasteiger partial charge in [0.2, 0.25) is 0 Å². The maximum atomic E-state index is 5.76. The smallest absolute Gasteiger partial charge is 0.000724 e. The fraction of sp³-hybridized carbons (Fsp3) is 1.00. The molecule has 0 amide bonds. The summed E-state index contributed by atoms with van der Waals surface area (Å²) in [6, 6.07) is 0. The molecule has 102 valence electrons. The van der Waals surface area contributed by atoms with E-state index in [9.17, 15) is 0 Å². The van der Waals surface area contributed by atoms with Gasteiger partial charge in [0, 0.05) is 13.1 Å². The molecule has 2 N–H and O–H groups in total. The van der Waals surface area contributed by atoms with Crippen LogP contribution >= 0.6 is 0 Å². The zero-order chi connectivity index (χ0) is 12.9. The van der Waals surface area contributed by atoms with Crippen molar-refractivity contribution in [1.29, 1.82) is 0 Å². The van der Waals surface area contributed by atoms with Crippen molar-refractivity contribution in [1.82, 2.24) is 4.90 Å². The Morgan fingerprint density at radius 2 is 1.71 bits per heavy atom. The molecule has 0 spiro atoms. The average Bonchev–Trinajstić information content (AvgIpc) is 2.23. The van der Waals surface area contributed by atoms with Crippen molar-refractivity contribution in [2.75, 3.05) is 26.2 Å². The molecule has 0 aromatic heterocycles. The first-order valence-corrected chi connectivity index (χ1v) is 7.35. The van der Waals surface area contributed by atoms with E-state index in [4.69, 9.17) is 5.73 Å². The van der Waals surface area contributed by atoms with Gasteiger partial charge >= 0.3 is 0 Å². The van der Waals surface area contributed by atoms with Gasteiger partial charge in [0.1, 0.15) is 0 Å². The quantitative estimate of drug-likeness (QED) is 0.723. The van der Waals surface area contributed by atoms with Crippen LogP contribution in [0.1, 0.15) is 53.4 Å². The molecule has 2 unspecified atom stereocenters. The highest BCUT2D eigenvalue weighted by molar-refractivity contribution is 4.75. The predicted octanol–water partition coefficient (Wildman–Crippen LogP) is 3.12. The SMILES string of the molecule is CC1CC(C)CN(CCCCC(C)(C)CN)C1. The molecular weight excluding hydrogens is 208 g/mol. The lowest BCUT2D eigenvalue weighted by Crippen LogP contribution is -2.39. The van der Waals surface area contributed by atoms with Crippen molar-refractivity contribution in [3.63, 3.8) is 0 Å². The first-order valence-electron chi connectivity index (χ1n) is 7.35. The van der Waals surface area contributed by atoms with Crippen LogP contribution in [0.25, 0.3) is 0 Å². The number of unbranched alkanes of at least 4 members (excludes halogenated alkanes) is 1. The van der Waals surface area contributed by atoms with E-state index in [1.165, 1.54) is 45.3 Å². The molecule has 0 radical (unpaired) electrons. The van der Waals surface area contributed by atoms with Crippen molar-refractivity contribution < 1.29 is 0 Å². The summed E-state index contributed by atoms with van der Waals surface area (Å²) in [5, 5.41) is 0. The minimum absolute atomic E-state index is 0.336. The summed E-state index contributed by atoms with van der Waals surface area (Å²) in [4.78, 5) is 2.66. The number of nitrogens with two attached hydrogens (primary N) is 1. The van der Waals surface area contributed by atoms with E-state index < -0.39 is 0 Å². The number of rotatable bonds is 6. The molecule has 2 nitrogen and oxygen atoms in total. The second kappa shape index (κ2) is 6.75. The van der Waals surface area contributed by atoms with Gasteiger partial charge < -0.3 is 10.6 Å². The highest BCUT2D eigenvalue weighted by Crippen LogP contribution is 2.23. The lowest BCUT2D eigenvalue weighted by Gasteiger charge is -2.35. The van der Waals surface area contributed by atoms with Crippen molar-refractivity contribution in [2.45, 2.75) is 53.4 Å². The van der Waals surface area contributed by atoms with E-state index in [-0.39, 0.29) is 0 Å². The van der Waals surface area contributed by atoms with Gasteiger partial charge in [-0.3, -0.25) is 0 Å². The summed E-state index contributed by atoms with van der Waals surface area (Å²) in [5.41, 5.74) is 6.09. The molecule has 1 aliphatic heterocycles. The van der Waals surface area contributed by atoms with Gasteiger partial charge in [0.05, 0.1) is 0 Å². The largest absolute Gasteiger partial charge is 0.330 e. The van der Waals surface area contributed by atoms with Gasteiger partial charge in [-0.1, -0.05) is 34.1 Å². The highest BCUT2D eigenvalue weighted by atomic mass is 15.1. The molecule has 17 heavy (non-hydrogen) atoms. The Labute approximate surface area is 108 Å².